The number of benzene rings is 1. The number of hydrogen-bond donors (Lipinski definition) is 2. The van der Waals surface area contributed by atoms with Crippen LogP contribution in [0.2, 0.25) is 0 Å². The van der Waals surface area contributed by atoms with Crippen LogP contribution in [0.5, 0.6) is 5.75 Å². The highest BCUT2D eigenvalue weighted by Gasteiger charge is 1.98. The first-order valence-electron chi connectivity index (χ1n) is 4.36. The smallest absolute Gasteiger partial charge is 0.165 e. The molecular weight excluding hydrogens is 180 g/mol. The van der Waals surface area contributed by atoms with Crippen LogP contribution >= 0.6 is 0 Å². The maximum absolute atomic E-state index is 10.9. The molecule has 14 heavy (non-hydrogen) atoms. The number of anilines is 1. The molecule has 1 aromatic carbocycles. The molecule has 3 N–H and O–H groups in total. The van der Waals surface area contributed by atoms with E-state index in [-0.39, 0.29) is 18.9 Å². The molecule has 0 radical (unpaired) electrons. The Labute approximate surface area is 83.1 Å². The minimum absolute atomic E-state index is 0.0205. The summed E-state index contributed by atoms with van der Waals surface area (Å²) in [5.41, 5.74) is 6.03. The Bertz CT molecular complexity index is 313. The Morgan fingerprint density at radius 1 is 1.57 bits per heavy atom. The maximum atomic E-state index is 10.9. The van der Waals surface area contributed by atoms with E-state index in [2.05, 4.69) is 5.32 Å². The van der Waals surface area contributed by atoms with Gasteiger partial charge in [-0.3, -0.25) is 4.79 Å². The number of rotatable bonds is 5. The lowest BCUT2D eigenvalue weighted by molar-refractivity contribution is -0.116. The van der Waals surface area contributed by atoms with E-state index in [1.807, 2.05) is 24.3 Å². The topological polar surface area (TPSA) is 64.3 Å². The van der Waals surface area contributed by atoms with Crippen LogP contribution in [0, 0.1) is 0 Å². The lowest BCUT2D eigenvalue weighted by atomic mass is 10.3. The number of carbonyl (C=O) groups excluding carboxylic acids is 1. The molecular formula is C10H14N2O2. The fourth-order valence-electron chi connectivity index (χ4n) is 1.01. The number of Topliss-reactive ketones (excluding diaryl/α,β-unsaturated/α-hetero) is 1. The van der Waals surface area contributed by atoms with Crippen LogP contribution in [0.3, 0.4) is 0 Å². The summed E-state index contributed by atoms with van der Waals surface area (Å²) in [6.45, 7) is 0.320. The van der Waals surface area contributed by atoms with E-state index in [0.717, 1.165) is 11.4 Å². The van der Waals surface area contributed by atoms with Gasteiger partial charge in [-0.2, -0.15) is 0 Å². The lowest BCUT2D eigenvalue weighted by Gasteiger charge is -2.06. The minimum atomic E-state index is -0.0205. The van der Waals surface area contributed by atoms with Gasteiger partial charge in [-0.05, 0) is 12.1 Å². The van der Waals surface area contributed by atoms with Crippen LogP contribution in [0.1, 0.15) is 0 Å². The zero-order valence-corrected chi connectivity index (χ0v) is 8.12. The second kappa shape index (κ2) is 5.24. The summed E-state index contributed by atoms with van der Waals surface area (Å²) in [6, 6.07) is 7.39. The van der Waals surface area contributed by atoms with Crippen molar-refractivity contribution in [2.24, 2.45) is 5.73 Å². The number of nitrogens with one attached hydrogen (secondary N) is 1. The average Bonchev–Trinajstić information content (AvgIpc) is 2.26. The molecule has 0 aliphatic heterocycles. The van der Waals surface area contributed by atoms with Gasteiger partial charge in [0.25, 0.3) is 0 Å². The van der Waals surface area contributed by atoms with Gasteiger partial charge < -0.3 is 15.8 Å². The van der Waals surface area contributed by atoms with Gasteiger partial charge in [-0.25, -0.2) is 0 Å². The van der Waals surface area contributed by atoms with Crippen molar-refractivity contribution in [3.05, 3.63) is 24.3 Å². The predicted molar refractivity (Wildman–Crippen MR) is 55.5 cm³/mol. The van der Waals surface area contributed by atoms with E-state index in [4.69, 9.17) is 10.5 Å². The summed E-state index contributed by atoms with van der Waals surface area (Å²) in [4.78, 5) is 10.9. The SMILES string of the molecule is COc1cccc(NCC(=O)CN)c1. The van der Waals surface area contributed by atoms with Gasteiger partial charge >= 0.3 is 0 Å². The van der Waals surface area contributed by atoms with E-state index >= 15 is 0 Å². The second-order valence-corrected chi connectivity index (χ2v) is 2.83. The van der Waals surface area contributed by atoms with Crippen molar-refractivity contribution in [2.75, 3.05) is 25.5 Å². The molecule has 0 saturated carbocycles. The molecule has 0 aliphatic rings. The number of carbonyl (C=O) groups is 1. The van der Waals surface area contributed by atoms with Crippen molar-refractivity contribution >= 4 is 11.5 Å². The van der Waals surface area contributed by atoms with E-state index < -0.39 is 0 Å². The third kappa shape index (κ3) is 3.06. The fraction of sp³-hybridized carbons (Fsp3) is 0.300. The number of ketones is 1. The zero-order valence-electron chi connectivity index (χ0n) is 8.12. The number of nitrogens with two attached hydrogens (primary N) is 1. The zero-order chi connectivity index (χ0) is 10.4. The normalized spacial score (nSPS) is 9.57. The quantitative estimate of drug-likeness (QED) is 0.721. The number of ether oxygens (including phenoxy) is 1. The molecule has 4 nitrogen and oxygen atoms in total. The molecule has 0 fully saturated rings. The highest BCUT2D eigenvalue weighted by atomic mass is 16.5. The Morgan fingerprint density at radius 2 is 2.36 bits per heavy atom. The summed E-state index contributed by atoms with van der Waals surface area (Å²) in [6.07, 6.45) is 0. The predicted octanol–water partition coefficient (Wildman–Crippen LogP) is 0.635. The van der Waals surface area contributed by atoms with Crippen LogP contribution in [0.4, 0.5) is 5.69 Å². The second-order valence-electron chi connectivity index (χ2n) is 2.83. The molecule has 0 atom stereocenters. The molecule has 1 aromatic rings. The van der Waals surface area contributed by atoms with Crippen LogP contribution in [-0.4, -0.2) is 26.0 Å². The van der Waals surface area contributed by atoms with Gasteiger partial charge in [0.2, 0.25) is 0 Å². The molecule has 0 aromatic heterocycles. The first-order chi connectivity index (χ1) is 6.76. The Morgan fingerprint density at radius 3 is 3.00 bits per heavy atom. The first kappa shape index (κ1) is 10.5. The minimum Gasteiger partial charge on any atom is -0.497 e. The van der Waals surface area contributed by atoms with Crippen LogP contribution in [0.25, 0.3) is 0 Å². The standard InChI is InChI=1S/C10H14N2O2/c1-14-10-4-2-3-8(5-10)12-7-9(13)6-11/h2-5,12H,6-7,11H2,1H3. The summed E-state index contributed by atoms with van der Waals surface area (Å²) >= 11 is 0. The van der Waals surface area contributed by atoms with Crippen LogP contribution in [0.15, 0.2) is 24.3 Å². The van der Waals surface area contributed by atoms with Crippen molar-refractivity contribution in [1.29, 1.82) is 0 Å². The van der Waals surface area contributed by atoms with E-state index in [9.17, 15) is 4.79 Å². The molecule has 76 valence electrons. The molecule has 4 heteroatoms. The largest absolute Gasteiger partial charge is 0.497 e. The third-order valence-corrected chi connectivity index (χ3v) is 1.79. The Kier molecular flexibility index (Phi) is 3.94. The Hall–Kier alpha value is -1.55. The van der Waals surface area contributed by atoms with Gasteiger partial charge in [-0.1, -0.05) is 6.07 Å². The summed E-state index contributed by atoms with van der Waals surface area (Å²) in [5, 5.41) is 2.96. The van der Waals surface area contributed by atoms with Crippen LogP contribution < -0.4 is 15.8 Å². The molecule has 0 aliphatic carbocycles. The Balaban J connectivity index is 2.54. The molecule has 0 bridgehead atoms. The van der Waals surface area contributed by atoms with Crippen LogP contribution in [-0.2, 0) is 4.79 Å². The monoisotopic (exact) mass is 194 g/mol. The summed E-state index contributed by atoms with van der Waals surface area (Å²) < 4.78 is 5.04. The molecule has 0 amide bonds. The summed E-state index contributed by atoms with van der Waals surface area (Å²) in [7, 11) is 1.60. The first-order valence-corrected chi connectivity index (χ1v) is 4.36. The van der Waals surface area contributed by atoms with Gasteiger partial charge in [0.05, 0.1) is 20.2 Å². The summed E-state index contributed by atoms with van der Waals surface area (Å²) in [5.74, 6) is 0.739. The van der Waals surface area contributed by atoms with Crippen molar-refractivity contribution in [3.63, 3.8) is 0 Å². The van der Waals surface area contributed by atoms with Crippen molar-refractivity contribution in [3.8, 4) is 5.75 Å². The molecule has 1 rings (SSSR count). The van der Waals surface area contributed by atoms with Crippen molar-refractivity contribution in [1.82, 2.24) is 0 Å². The van der Waals surface area contributed by atoms with Gasteiger partial charge in [0.1, 0.15) is 5.75 Å². The molecule has 0 heterocycles. The third-order valence-electron chi connectivity index (χ3n) is 1.79. The molecule has 0 saturated heterocycles. The number of methoxy groups -OCH3 is 1. The number of hydrogen-bond acceptors (Lipinski definition) is 4. The van der Waals surface area contributed by atoms with E-state index in [1.165, 1.54) is 0 Å². The van der Waals surface area contributed by atoms with Gasteiger partial charge in [0.15, 0.2) is 5.78 Å². The average molecular weight is 194 g/mol. The molecule has 0 unspecified atom stereocenters. The van der Waals surface area contributed by atoms with E-state index in [1.54, 1.807) is 7.11 Å². The van der Waals surface area contributed by atoms with Crippen molar-refractivity contribution in [2.45, 2.75) is 0 Å². The highest BCUT2D eigenvalue weighted by Crippen LogP contribution is 2.16. The van der Waals surface area contributed by atoms with Gasteiger partial charge in [0, 0.05) is 11.8 Å². The highest BCUT2D eigenvalue weighted by molar-refractivity contribution is 5.84. The van der Waals surface area contributed by atoms with Gasteiger partial charge in [-0.15, -0.1) is 0 Å². The van der Waals surface area contributed by atoms with E-state index in [0.29, 0.717) is 0 Å². The fourth-order valence-corrected chi connectivity index (χ4v) is 1.01. The van der Waals surface area contributed by atoms with Crippen molar-refractivity contribution < 1.29 is 9.53 Å². The lowest BCUT2D eigenvalue weighted by Crippen LogP contribution is -2.22. The molecule has 0 spiro atoms. The maximum Gasteiger partial charge on any atom is 0.165 e.